The van der Waals surface area contributed by atoms with Gasteiger partial charge in [-0.1, -0.05) is 0 Å². The molecule has 0 aliphatic carbocycles. The molecule has 0 atom stereocenters. The Labute approximate surface area is 107 Å². The van der Waals surface area contributed by atoms with Gasteiger partial charge in [0.25, 0.3) is 0 Å². The SMILES string of the molecule is Nc1ncc(F)c(Nc2c(F)c(F)c(F)c(F)c2F)n1. The predicted octanol–water partition coefficient (Wildman–Crippen LogP) is 2.64. The lowest BCUT2D eigenvalue weighted by molar-refractivity contribution is 0.382. The van der Waals surface area contributed by atoms with Crippen molar-refractivity contribution >= 4 is 17.5 Å². The standard InChI is InChI=1S/C10H4F6N4/c11-2-1-18-10(17)20-9(2)19-8-6(15)4(13)3(12)5(14)7(8)16/h1H,(H3,17,18,19,20). The zero-order chi connectivity index (χ0) is 15.0. The Balaban J connectivity index is 2.57. The lowest BCUT2D eigenvalue weighted by Gasteiger charge is -2.10. The van der Waals surface area contributed by atoms with E-state index in [1.807, 2.05) is 0 Å². The number of hydrogen-bond donors (Lipinski definition) is 2. The molecule has 0 radical (unpaired) electrons. The number of nitrogens with two attached hydrogens (primary N) is 1. The first kappa shape index (κ1) is 13.9. The molecule has 0 saturated heterocycles. The minimum absolute atomic E-state index is 0.460. The van der Waals surface area contributed by atoms with Crippen molar-refractivity contribution in [3.63, 3.8) is 0 Å². The van der Waals surface area contributed by atoms with Gasteiger partial charge in [0.1, 0.15) is 5.69 Å². The van der Waals surface area contributed by atoms with Crippen LogP contribution in [0.25, 0.3) is 0 Å². The van der Waals surface area contributed by atoms with Crippen LogP contribution in [0.4, 0.5) is 43.8 Å². The fraction of sp³-hybridized carbons (Fsp3) is 0. The molecular formula is C10H4F6N4. The average Bonchev–Trinajstić information content (AvgIpc) is 2.43. The Morgan fingerprint density at radius 2 is 1.35 bits per heavy atom. The van der Waals surface area contributed by atoms with E-state index in [4.69, 9.17) is 5.73 Å². The smallest absolute Gasteiger partial charge is 0.222 e. The third kappa shape index (κ3) is 2.19. The molecule has 0 aliphatic rings. The van der Waals surface area contributed by atoms with Crippen molar-refractivity contribution in [3.05, 3.63) is 41.1 Å². The fourth-order valence-electron chi connectivity index (χ4n) is 1.30. The quantitative estimate of drug-likeness (QED) is 0.508. The highest BCUT2D eigenvalue weighted by Gasteiger charge is 2.26. The molecule has 0 fully saturated rings. The van der Waals surface area contributed by atoms with E-state index < -0.39 is 52.4 Å². The maximum Gasteiger partial charge on any atom is 0.222 e. The minimum atomic E-state index is -2.33. The molecule has 0 unspecified atom stereocenters. The topological polar surface area (TPSA) is 63.8 Å². The van der Waals surface area contributed by atoms with Crippen molar-refractivity contribution in [1.82, 2.24) is 9.97 Å². The van der Waals surface area contributed by atoms with Crippen LogP contribution in [0.3, 0.4) is 0 Å². The summed E-state index contributed by atoms with van der Waals surface area (Å²) in [5.41, 5.74) is 3.67. The monoisotopic (exact) mass is 294 g/mol. The van der Waals surface area contributed by atoms with Crippen molar-refractivity contribution in [2.45, 2.75) is 0 Å². The first-order chi connectivity index (χ1) is 9.32. The summed E-state index contributed by atoms with van der Waals surface area (Å²) in [5.74, 6) is -13.5. The Kier molecular flexibility index (Phi) is 3.38. The van der Waals surface area contributed by atoms with E-state index in [2.05, 4.69) is 9.97 Å². The van der Waals surface area contributed by atoms with Crippen LogP contribution in [0, 0.1) is 34.9 Å². The molecule has 10 heteroatoms. The lowest BCUT2D eigenvalue weighted by atomic mass is 10.2. The maximum atomic E-state index is 13.3. The van der Waals surface area contributed by atoms with Gasteiger partial charge in [0.2, 0.25) is 11.8 Å². The van der Waals surface area contributed by atoms with Crippen LogP contribution in [-0.2, 0) is 0 Å². The van der Waals surface area contributed by atoms with Crippen molar-refractivity contribution in [2.75, 3.05) is 11.1 Å². The third-order valence-corrected chi connectivity index (χ3v) is 2.22. The first-order valence-corrected chi connectivity index (χ1v) is 4.89. The molecule has 0 saturated carbocycles. The molecule has 0 aliphatic heterocycles. The van der Waals surface area contributed by atoms with Crippen LogP contribution < -0.4 is 11.1 Å². The molecule has 1 aromatic carbocycles. The van der Waals surface area contributed by atoms with E-state index in [1.165, 1.54) is 0 Å². The molecule has 3 N–H and O–H groups in total. The summed E-state index contributed by atoms with van der Waals surface area (Å²) in [6.45, 7) is 0. The Morgan fingerprint density at radius 1 is 0.850 bits per heavy atom. The Bertz CT molecular complexity index is 661. The number of nitrogen functional groups attached to an aromatic ring is 1. The normalized spacial score (nSPS) is 10.7. The zero-order valence-corrected chi connectivity index (χ0v) is 9.32. The molecule has 2 aromatic rings. The third-order valence-electron chi connectivity index (χ3n) is 2.22. The highest BCUT2D eigenvalue weighted by atomic mass is 19.2. The van der Waals surface area contributed by atoms with Gasteiger partial charge in [-0.2, -0.15) is 4.98 Å². The van der Waals surface area contributed by atoms with Gasteiger partial charge in [0, 0.05) is 0 Å². The van der Waals surface area contributed by atoms with Gasteiger partial charge in [-0.3, -0.25) is 0 Å². The van der Waals surface area contributed by atoms with E-state index in [-0.39, 0.29) is 0 Å². The second-order valence-electron chi connectivity index (χ2n) is 3.49. The summed E-state index contributed by atoms with van der Waals surface area (Å²) in [7, 11) is 0. The molecule has 20 heavy (non-hydrogen) atoms. The van der Waals surface area contributed by atoms with Gasteiger partial charge in [-0.05, 0) is 0 Å². The number of nitrogens with one attached hydrogen (secondary N) is 1. The highest BCUT2D eigenvalue weighted by molar-refractivity contribution is 5.59. The Morgan fingerprint density at radius 3 is 1.90 bits per heavy atom. The lowest BCUT2D eigenvalue weighted by Crippen LogP contribution is -2.09. The van der Waals surface area contributed by atoms with Crippen molar-refractivity contribution in [2.24, 2.45) is 0 Å². The van der Waals surface area contributed by atoms with E-state index in [0.29, 0.717) is 6.20 Å². The van der Waals surface area contributed by atoms with Gasteiger partial charge < -0.3 is 11.1 Å². The predicted molar refractivity (Wildman–Crippen MR) is 55.9 cm³/mol. The number of halogens is 6. The van der Waals surface area contributed by atoms with Crippen molar-refractivity contribution < 1.29 is 26.3 Å². The molecular weight excluding hydrogens is 290 g/mol. The maximum absolute atomic E-state index is 13.3. The van der Waals surface area contributed by atoms with Crippen molar-refractivity contribution in [3.8, 4) is 0 Å². The largest absolute Gasteiger partial charge is 0.368 e. The number of hydrogen-bond acceptors (Lipinski definition) is 4. The molecule has 106 valence electrons. The summed E-state index contributed by atoms with van der Waals surface area (Å²) < 4.78 is 78.6. The van der Waals surface area contributed by atoms with Gasteiger partial charge in [-0.25, -0.2) is 31.3 Å². The summed E-state index contributed by atoms with van der Waals surface area (Å²) in [6, 6.07) is 0. The van der Waals surface area contributed by atoms with Crippen LogP contribution in [0.5, 0.6) is 0 Å². The van der Waals surface area contributed by atoms with Gasteiger partial charge in [0.05, 0.1) is 6.20 Å². The second kappa shape index (κ2) is 4.87. The first-order valence-electron chi connectivity index (χ1n) is 4.89. The number of benzene rings is 1. The molecule has 2 rings (SSSR count). The molecule has 0 amide bonds. The van der Waals surface area contributed by atoms with Crippen LogP contribution in [-0.4, -0.2) is 9.97 Å². The minimum Gasteiger partial charge on any atom is -0.368 e. The molecule has 0 bridgehead atoms. The molecule has 4 nitrogen and oxygen atoms in total. The number of nitrogens with zero attached hydrogens (tertiary/aromatic N) is 2. The number of aromatic nitrogens is 2. The van der Waals surface area contributed by atoms with Gasteiger partial charge >= 0.3 is 0 Å². The van der Waals surface area contributed by atoms with Gasteiger partial charge in [0.15, 0.2) is 34.9 Å². The number of rotatable bonds is 2. The second-order valence-corrected chi connectivity index (χ2v) is 3.49. The van der Waals surface area contributed by atoms with Crippen LogP contribution >= 0.6 is 0 Å². The van der Waals surface area contributed by atoms with E-state index in [9.17, 15) is 26.3 Å². The molecule has 1 heterocycles. The summed E-state index contributed by atoms with van der Waals surface area (Å²) >= 11 is 0. The fourth-order valence-corrected chi connectivity index (χ4v) is 1.30. The van der Waals surface area contributed by atoms with Crippen LogP contribution in [0.2, 0.25) is 0 Å². The summed E-state index contributed by atoms with van der Waals surface area (Å²) in [6.07, 6.45) is 0.566. The Hall–Kier alpha value is -2.52. The molecule has 1 aromatic heterocycles. The zero-order valence-electron chi connectivity index (χ0n) is 9.32. The van der Waals surface area contributed by atoms with Crippen LogP contribution in [0.15, 0.2) is 6.20 Å². The van der Waals surface area contributed by atoms with E-state index in [1.54, 1.807) is 5.32 Å². The average molecular weight is 294 g/mol. The number of anilines is 3. The van der Waals surface area contributed by atoms with E-state index >= 15 is 0 Å². The van der Waals surface area contributed by atoms with E-state index in [0.717, 1.165) is 0 Å². The van der Waals surface area contributed by atoms with Gasteiger partial charge in [-0.15, -0.1) is 0 Å². The highest BCUT2D eigenvalue weighted by Crippen LogP contribution is 2.29. The van der Waals surface area contributed by atoms with Crippen LogP contribution in [0.1, 0.15) is 0 Å². The summed E-state index contributed by atoms with van der Waals surface area (Å²) in [5, 5.41) is 1.66. The van der Waals surface area contributed by atoms with Crippen molar-refractivity contribution in [1.29, 1.82) is 0 Å². The molecule has 0 spiro atoms. The summed E-state index contributed by atoms with van der Waals surface area (Å²) in [4.78, 5) is 6.47.